The largest absolute Gasteiger partial charge is 1.00 e. The second-order valence-corrected chi connectivity index (χ2v) is 4.08. The summed E-state index contributed by atoms with van der Waals surface area (Å²) in [7, 11) is 0. The number of nitrogens with zero attached hydrogens (tertiary/aromatic N) is 2. The van der Waals surface area contributed by atoms with Crippen LogP contribution in [0.3, 0.4) is 0 Å². The average molecular weight is 287 g/mol. The number of halogens is 1. The van der Waals surface area contributed by atoms with E-state index in [4.69, 9.17) is 11.6 Å². The van der Waals surface area contributed by atoms with E-state index < -0.39 is 11.4 Å². The van der Waals surface area contributed by atoms with Gasteiger partial charge in [-0.2, -0.15) is 5.10 Å². The van der Waals surface area contributed by atoms with Gasteiger partial charge in [-0.1, -0.05) is 11.6 Å². The molecule has 0 amide bonds. The predicted molar refractivity (Wildman–Crippen MR) is 63.9 cm³/mol. The van der Waals surface area contributed by atoms with Crippen molar-refractivity contribution in [2.24, 2.45) is 0 Å². The van der Waals surface area contributed by atoms with E-state index in [0.717, 1.165) is 6.20 Å². The van der Waals surface area contributed by atoms with Crippen LogP contribution in [-0.2, 0) is 0 Å². The first-order chi connectivity index (χ1) is 8.50. The number of carbonyl (C=O) groups excluding carboxylic acids is 1. The molecule has 0 bridgehead atoms. The molecule has 0 aliphatic rings. The predicted octanol–water partition coefficient (Wildman–Crippen LogP) is -2.44. The minimum absolute atomic E-state index is 0. The Morgan fingerprint density at radius 1 is 1.32 bits per heavy atom. The minimum Gasteiger partial charge on any atom is -0.545 e. The van der Waals surface area contributed by atoms with Crippen molar-refractivity contribution >= 4 is 17.6 Å². The second kappa shape index (κ2) is 6.34. The average Bonchev–Trinajstić information content (AvgIpc) is 2.30. The molecule has 0 radical (unpaired) electrons. The maximum absolute atomic E-state index is 11.4. The molecule has 5 nitrogen and oxygen atoms in total. The van der Waals surface area contributed by atoms with Crippen molar-refractivity contribution in [2.75, 3.05) is 0 Å². The molecule has 2 rings (SSSR count). The number of carbonyl (C=O) groups is 1. The first-order valence-corrected chi connectivity index (χ1v) is 5.44. The van der Waals surface area contributed by atoms with Gasteiger partial charge in [0.1, 0.15) is 0 Å². The third-order valence-electron chi connectivity index (χ3n) is 2.49. The van der Waals surface area contributed by atoms with Gasteiger partial charge in [0.25, 0.3) is 0 Å². The molecular weight excluding hydrogens is 279 g/mol. The first kappa shape index (κ1) is 15.9. The van der Waals surface area contributed by atoms with Crippen molar-refractivity contribution in [3.05, 3.63) is 57.0 Å². The number of aromatic carboxylic acids is 1. The van der Waals surface area contributed by atoms with Crippen LogP contribution in [0.2, 0.25) is 5.02 Å². The van der Waals surface area contributed by atoms with E-state index in [1.807, 2.05) is 0 Å². The van der Waals surface area contributed by atoms with E-state index >= 15 is 0 Å². The molecule has 19 heavy (non-hydrogen) atoms. The molecule has 0 atom stereocenters. The number of aromatic nitrogens is 2. The summed E-state index contributed by atoms with van der Waals surface area (Å²) >= 11 is 5.76. The van der Waals surface area contributed by atoms with Gasteiger partial charge in [0.2, 0.25) is 5.43 Å². The fourth-order valence-electron chi connectivity index (χ4n) is 1.64. The molecule has 2 aromatic rings. The minimum atomic E-state index is -1.51. The van der Waals surface area contributed by atoms with Crippen LogP contribution in [0.1, 0.15) is 16.1 Å². The van der Waals surface area contributed by atoms with Gasteiger partial charge in [0, 0.05) is 5.02 Å². The Hall–Kier alpha value is -1.14. The van der Waals surface area contributed by atoms with E-state index in [9.17, 15) is 14.7 Å². The molecule has 0 N–H and O–H groups in total. The molecule has 1 aromatic carbocycles. The van der Waals surface area contributed by atoms with Crippen molar-refractivity contribution in [3.63, 3.8) is 0 Å². The van der Waals surface area contributed by atoms with Gasteiger partial charge in [0.05, 0.1) is 29.1 Å². The van der Waals surface area contributed by atoms with Gasteiger partial charge in [-0.05, 0) is 31.2 Å². The number of carboxylic acid groups (broad SMARTS) is 1. The molecule has 0 aliphatic carbocycles. The quantitative estimate of drug-likeness (QED) is 0.575. The summed E-state index contributed by atoms with van der Waals surface area (Å²) in [5.74, 6) is -1.51. The molecule has 0 saturated carbocycles. The monoisotopic (exact) mass is 286 g/mol. The summed E-state index contributed by atoms with van der Waals surface area (Å²) in [5, 5.41) is 15.4. The zero-order chi connectivity index (χ0) is 13.3. The number of hydrogen-bond acceptors (Lipinski definition) is 4. The van der Waals surface area contributed by atoms with E-state index in [1.54, 1.807) is 24.3 Å². The smallest absolute Gasteiger partial charge is 0.545 e. The topological polar surface area (TPSA) is 75.0 Å². The molecule has 0 saturated heterocycles. The Morgan fingerprint density at radius 3 is 2.42 bits per heavy atom. The van der Waals surface area contributed by atoms with E-state index in [2.05, 4.69) is 5.10 Å². The van der Waals surface area contributed by atoms with Crippen molar-refractivity contribution in [3.8, 4) is 5.69 Å². The van der Waals surface area contributed by atoms with Crippen LogP contribution < -0.4 is 40.1 Å². The Kier molecular flexibility index (Phi) is 5.31. The fourth-order valence-corrected chi connectivity index (χ4v) is 1.76. The Morgan fingerprint density at radius 2 is 1.89 bits per heavy atom. The maximum Gasteiger partial charge on any atom is 1.00 e. The molecule has 1 aromatic heterocycles. The zero-order valence-electron chi connectivity index (χ0n) is 10.4. The van der Waals surface area contributed by atoms with Crippen LogP contribution >= 0.6 is 11.6 Å². The molecule has 0 fully saturated rings. The summed E-state index contributed by atoms with van der Waals surface area (Å²) in [6.07, 6.45) is 0.951. The van der Waals surface area contributed by atoms with Gasteiger partial charge in [-0.25, -0.2) is 4.68 Å². The van der Waals surface area contributed by atoms with Gasteiger partial charge in [-0.3, -0.25) is 4.79 Å². The van der Waals surface area contributed by atoms with Crippen LogP contribution in [0.25, 0.3) is 5.69 Å². The molecule has 0 unspecified atom stereocenters. The van der Waals surface area contributed by atoms with Crippen LogP contribution in [0.4, 0.5) is 0 Å². The van der Waals surface area contributed by atoms with Crippen LogP contribution in [0.15, 0.2) is 35.3 Å². The zero-order valence-corrected chi connectivity index (χ0v) is 13.1. The summed E-state index contributed by atoms with van der Waals surface area (Å²) in [6, 6.07) is 6.64. The van der Waals surface area contributed by atoms with Crippen molar-refractivity contribution in [2.45, 2.75) is 6.92 Å². The van der Waals surface area contributed by atoms with Crippen molar-refractivity contribution in [1.82, 2.24) is 9.78 Å². The van der Waals surface area contributed by atoms with Crippen LogP contribution in [-0.4, -0.2) is 15.7 Å². The molecule has 7 heteroatoms. The number of rotatable bonds is 2. The third-order valence-corrected chi connectivity index (χ3v) is 2.74. The molecule has 92 valence electrons. The first-order valence-electron chi connectivity index (χ1n) is 5.07. The van der Waals surface area contributed by atoms with Gasteiger partial charge in [-0.15, -0.1) is 0 Å². The molecule has 0 aliphatic heterocycles. The third kappa shape index (κ3) is 3.25. The van der Waals surface area contributed by atoms with Gasteiger partial charge < -0.3 is 9.90 Å². The van der Waals surface area contributed by atoms with Gasteiger partial charge >= 0.3 is 29.6 Å². The Balaban J connectivity index is 0.00000180. The molecular formula is C12H8ClN2NaO3. The molecule has 1 heterocycles. The van der Waals surface area contributed by atoms with E-state index in [-0.39, 0.29) is 40.8 Å². The SMILES string of the molecule is Cc1c(C(=O)[O-])c(=O)cnn1-c1ccc(Cl)cc1.[Na+]. The number of carboxylic acids is 1. The van der Waals surface area contributed by atoms with Crippen molar-refractivity contribution < 1.29 is 39.5 Å². The Bertz CT molecular complexity index is 668. The fraction of sp³-hybridized carbons (Fsp3) is 0.0833. The van der Waals surface area contributed by atoms with E-state index in [1.165, 1.54) is 11.6 Å². The second-order valence-electron chi connectivity index (χ2n) is 3.64. The van der Waals surface area contributed by atoms with Crippen LogP contribution in [0.5, 0.6) is 0 Å². The number of benzene rings is 1. The van der Waals surface area contributed by atoms with E-state index in [0.29, 0.717) is 10.7 Å². The van der Waals surface area contributed by atoms with Crippen LogP contribution in [0, 0.1) is 6.92 Å². The Labute approximate surface area is 136 Å². The van der Waals surface area contributed by atoms with Crippen molar-refractivity contribution in [1.29, 1.82) is 0 Å². The molecule has 0 spiro atoms. The summed E-state index contributed by atoms with van der Waals surface area (Å²) < 4.78 is 1.35. The number of hydrogen-bond donors (Lipinski definition) is 0. The van der Waals surface area contributed by atoms with Gasteiger partial charge in [0.15, 0.2) is 0 Å². The summed E-state index contributed by atoms with van der Waals surface area (Å²) in [6.45, 7) is 1.49. The summed E-state index contributed by atoms with van der Waals surface area (Å²) in [5.41, 5.74) is -0.234. The summed E-state index contributed by atoms with van der Waals surface area (Å²) in [4.78, 5) is 22.3. The standard InChI is InChI=1S/C12H9ClN2O3.Na/c1-7-11(12(17)18)10(16)6-14-15(7)9-4-2-8(13)3-5-9;/h2-6H,1H3,(H,17,18);/q;+1/p-1. The normalized spacial score (nSPS) is 9.79. The maximum atomic E-state index is 11.4.